The van der Waals surface area contributed by atoms with Crippen LogP contribution < -0.4 is 5.32 Å². The molecule has 0 radical (unpaired) electrons. The Hall–Kier alpha value is -0.0900. The van der Waals surface area contributed by atoms with Crippen molar-refractivity contribution >= 4 is 55.0 Å². The van der Waals surface area contributed by atoms with Gasteiger partial charge >= 0.3 is 0 Å². The van der Waals surface area contributed by atoms with E-state index in [2.05, 4.69) is 21.2 Å². The summed E-state index contributed by atoms with van der Waals surface area (Å²) in [5.41, 5.74) is 0. The summed E-state index contributed by atoms with van der Waals surface area (Å²) < 4.78 is 27.6. The second kappa shape index (κ2) is 6.19. The Morgan fingerprint density at radius 1 is 1.43 bits per heavy atom. The van der Waals surface area contributed by atoms with E-state index in [1.807, 2.05) is 0 Å². The molecule has 1 aromatic rings. The molecule has 21 heavy (non-hydrogen) atoms. The van der Waals surface area contributed by atoms with Crippen LogP contribution in [0.1, 0.15) is 12.8 Å². The molecule has 1 amide bonds. The van der Waals surface area contributed by atoms with Gasteiger partial charge in [-0.25, -0.2) is 8.42 Å². The minimum Gasteiger partial charge on any atom is -0.354 e. The minimum absolute atomic E-state index is 0.175. The normalized spacial score (nSPS) is 23.4. The zero-order valence-electron chi connectivity index (χ0n) is 11.1. The molecule has 1 saturated carbocycles. The van der Waals surface area contributed by atoms with Crippen molar-refractivity contribution < 1.29 is 13.2 Å². The van der Waals surface area contributed by atoms with E-state index in [0.29, 0.717) is 24.1 Å². The van der Waals surface area contributed by atoms with Gasteiger partial charge in [0.25, 0.3) is 10.0 Å². The first-order valence-electron chi connectivity index (χ1n) is 6.61. The van der Waals surface area contributed by atoms with E-state index in [4.69, 9.17) is 0 Å². The molecule has 1 N–H and O–H groups in total. The van der Waals surface area contributed by atoms with Gasteiger partial charge in [-0.2, -0.15) is 4.31 Å². The number of thioether (sulfide) groups is 1. The molecule has 2 heterocycles. The van der Waals surface area contributed by atoms with Crippen LogP contribution in [0.25, 0.3) is 0 Å². The van der Waals surface area contributed by atoms with E-state index in [1.165, 1.54) is 27.4 Å². The number of rotatable bonds is 5. The van der Waals surface area contributed by atoms with Crippen LogP contribution in [0.15, 0.2) is 20.1 Å². The first kappa shape index (κ1) is 15.8. The fourth-order valence-corrected chi connectivity index (χ4v) is 7.40. The van der Waals surface area contributed by atoms with Gasteiger partial charge in [-0.3, -0.25) is 4.79 Å². The number of thiophene rings is 1. The summed E-state index contributed by atoms with van der Waals surface area (Å²) in [7, 11) is -3.59. The number of carbonyl (C=O) groups is 1. The summed E-state index contributed by atoms with van der Waals surface area (Å²) in [5, 5.41) is 2.88. The third kappa shape index (κ3) is 3.47. The second-order valence-corrected chi connectivity index (χ2v) is 10.7. The van der Waals surface area contributed by atoms with Gasteiger partial charge in [0, 0.05) is 12.3 Å². The maximum Gasteiger partial charge on any atom is 0.254 e. The van der Waals surface area contributed by atoms with Crippen LogP contribution in [0.2, 0.25) is 0 Å². The monoisotopic (exact) mass is 410 g/mol. The maximum absolute atomic E-state index is 12.6. The van der Waals surface area contributed by atoms with Crippen LogP contribution in [0.4, 0.5) is 0 Å². The van der Waals surface area contributed by atoms with Gasteiger partial charge in [-0.1, -0.05) is 0 Å². The number of amides is 1. The fourth-order valence-electron chi connectivity index (χ4n) is 2.11. The summed E-state index contributed by atoms with van der Waals surface area (Å²) in [4.78, 5) is 12.2. The Morgan fingerprint density at radius 2 is 2.19 bits per heavy atom. The average molecular weight is 411 g/mol. The van der Waals surface area contributed by atoms with Crippen molar-refractivity contribution in [2.24, 2.45) is 5.92 Å². The summed E-state index contributed by atoms with van der Waals surface area (Å²) in [6, 6.07) is 2.69. The Balaban J connectivity index is 1.74. The highest BCUT2D eigenvalue weighted by atomic mass is 79.9. The Morgan fingerprint density at radius 3 is 2.81 bits per heavy atom. The van der Waals surface area contributed by atoms with Crippen LogP contribution in [0.5, 0.6) is 0 Å². The van der Waals surface area contributed by atoms with Crippen molar-refractivity contribution in [1.82, 2.24) is 9.62 Å². The first-order chi connectivity index (χ1) is 9.98. The third-order valence-electron chi connectivity index (χ3n) is 3.52. The second-order valence-electron chi connectivity index (χ2n) is 5.15. The largest absolute Gasteiger partial charge is 0.354 e. The van der Waals surface area contributed by atoms with E-state index in [1.54, 1.807) is 12.1 Å². The quantitative estimate of drug-likeness (QED) is 0.806. The number of nitrogens with zero attached hydrogens (tertiary/aromatic N) is 1. The predicted molar refractivity (Wildman–Crippen MR) is 87.9 cm³/mol. The Kier molecular flexibility index (Phi) is 4.66. The number of halogens is 1. The number of nitrogens with one attached hydrogen (secondary N) is 1. The lowest BCUT2D eigenvalue weighted by Crippen LogP contribution is -2.47. The maximum atomic E-state index is 12.6. The highest BCUT2D eigenvalue weighted by Gasteiger charge is 2.40. The molecular formula is C12H15BrN2O3S3. The van der Waals surface area contributed by atoms with E-state index < -0.39 is 16.1 Å². The van der Waals surface area contributed by atoms with Crippen molar-refractivity contribution in [3.05, 3.63) is 15.9 Å². The minimum atomic E-state index is -3.59. The summed E-state index contributed by atoms with van der Waals surface area (Å²) in [5.74, 6) is 1.26. The van der Waals surface area contributed by atoms with Crippen LogP contribution in [0.3, 0.4) is 0 Å². The van der Waals surface area contributed by atoms with Crippen molar-refractivity contribution in [2.75, 3.05) is 18.2 Å². The van der Waals surface area contributed by atoms with Crippen molar-refractivity contribution in [2.45, 2.75) is 23.1 Å². The lowest BCUT2D eigenvalue weighted by Gasteiger charge is -2.21. The smallest absolute Gasteiger partial charge is 0.254 e. The molecule has 9 heteroatoms. The van der Waals surface area contributed by atoms with Crippen molar-refractivity contribution in [3.63, 3.8) is 0 Å². The highest BCUT2D eigenvalue weighted by Crippen LogP contribution is 2.33. The molecule has 1 aliphatic carbocycles. The molecule has 5 nitrogen and oxygen atoms in total. The van der Waals surface area contributed by atoms with Gasteiger partial charge in [0.1, 0.15) is 10.3 Å². The molecule has 1 unspecified atom stereocenters. The summed E-state index contributed by atoms with van der Waals surface area (Å²) >= 11 is 5.92. The summed E-state index contributed by atoms with van der Waals surface area (Å²) in [6.45, 7) is 0.665. The predicted octanol–water partition coefficient (Wildman–Crippen LogP) is 2.10. The van der Waals surface area contributed by atoms with Crippen LogP contribution >= 0.6 is 39.0 Å². The molecular weight excluding hydrogens is 396 g/mol. The van der Waals surface area contributed by atoms with Crippen LogP contribution in [-0.4, -0.2) is 42.8 Å². The molecule has 1 aliphatic heterocycles. The lowest BCUT2D eigenvalue weighted by molar-refractivity contribution is -0.123. The standard InChI is InChI=1S/C12H15BrN2O3S3/c13-10-3-4-11(20-10)21(17,18)15-7-19-6-9(15)12(16)14-5-8-1-2-8/h3-4,8-9H,1-2,5-7H2,(H,14,16). The molecule has 1 atom stereocenters. The Bertz CT molecular complexity index is 642. The SMILES string of the molecule is O=C(NCC1CC1)C1CSCN1S(=O)(=O)c1ccc(Br)s1. The number of hydrogen-bond acceptors (Lipinski definition) is 5. The lowest BCUT2D eigenvalue weighted by atomic mass is 10.3. The highest BCUT2D eigenvalue weighted by molar-refractivity contribution is 9.11. The van der Waals surface area contributed by atoms with E-state index in [-0.39, 0.29) is 10.1 Å². The van der Waals surface area contributed by atoms with Crippen LogP contribution in [-0.2, 0) is 14.8 Å². The van der Waals surface area contributed by atoms with Crippen molar-refractivity contribution in [1.29, 1.82) is 0 Å². The zero-order valence-corrected chi connectivity index (χ0v) is 15.2. The molecule has 1 saturated heterocycles. The van der Waals surface area contributed by atoms with E-state index >= 15 is 0 Å². The van der Waals surface area contributed by atoms with Gasteiger partial charge in [0.15, 0.2) is 0 Å². The molecule has 0 bridgehead atoms. The summed E-state index contributed by atoms with van der Waals surface area (Å²) in [6.07, 6.45) is 2.32. The zero-order chi connectivity index (χ0) is 15.0. The van der Waals surface area contributed by atoms with Gasteiger partial charge < -0.3 is 5.32 Å². The van der Waals surface area contributed by atoms with Crippen LogP contribution in [0, 0.1) is 5.92 Å². The van der Waals surface area contributed by atoms with Gasteiger partial charge in [0.05, 0.1) is 9.66 Å². The molecule has 2 fully saturated rings. The average Bonchev–Trinajstić information content (AvgIpc) is 2.95. The van der Waals surface area contributed by atoms with E-state index in [9.17, 15) is 13.2 Å². The first-order valence-corrected chi connectivity index (χ1v) is 10.8. The molecule has 116 valence electrons. The molecule has 3 rings (SSSR count). The molecule has 0 spiro atoms. The topological polar surface area (TPSA) is 66.5 Å². The molecule has 1 aromatic heterocycles. The Labute approximate surface area is 140 Å². The third-order valence-corrected chi connectivity index (χ3v) is 8.64. The number of carbonyl (C=O) groups excluding carboxylic acids is 1. The number of sulfonamides is 1. The molecule has 0 aromatic carbocycles. The van der Waals surface area contributed by atoms with E-state index in [0.717, 1.165) is 16.6 Å². The number of hydrogen-bond donors (Lipinski definition) is 1. The fraction of sp³-hybridized carbons (Fsp3) is 0.583. The van der Waals surface area contributed by atoms with Gasteiger partial charge in [-0.05, 0) is 46.8 Å². The molecule has 2 aliphatic rings. The van der Waals surface area contributed by atoms with Gasteiger partial charge in [-0.15, -0.1) is 23.1 Å². The van der Waals surface area contributed by atoms with Crippen molar-refractivity contribution in [3.8, 4) is 0 Å². The van der Waals surface area contributed by atoms with Gasteiger partial charge in [0.2, 0.25) is 5.91 Å².